The van der Waals surface area contributed by atoms with Crippen molar-refractivity contribution in [3.8, 4) is 11.5 Å². The van der Waals surface area contributed by atoms with Crippen molar-refractivity contribution >= 4 is 45.3 Å². The van der Waals surface area contributed by atoms with Crippen LogP contribution in [0.3, 0.4) is 0 Å². The molecule has 0 atom stereocenters. The van der Waals surface area contributed by atoms with Crippen molar-refractivity contribution in [1.82, 2.24) is 9.21 Å². The largest absolute Gasteiger partial charge is 0.478 e. The summed E-state index contributed by atoms with van der Waals surface area (Å²) in [5.74, 6) is -1.19. The summed E-state index contributed by atoms with van der Waals surface area (Å²) in [6.45, 7) is 5.48. The summed E-state index contributed by atoms with van der Waals surface area (Å²) in [5, 5.41) is 9.95. The molecular weight excluding hydrogens is 507 g/mol. The van der Waals surface area contributed by atoms with Crippen LogP contribution in [0.1, 0.15) is 31.1 Å². The summed E-state index contributed by atoms with van der Waals surface area (Å²) >= 11 is 12.0. The van der Waals surface area contributed by atoms with Gasteiger partial charge in [0.1, 0.15) is 22.0 Å². The molecule has 0 saturated carbocycles. The van der Waals surface area contributed by atoms with Crippen LogP contribution in [-0.2, 0) is 14.8 Å². The molecule has 1 amide bonds. The maximum Gasteiger partial charge on any atom is 0.410 e. The number of aromatic carboxylic acids is 1. The van der Waals surface area contributed by atoms with Gasteiger partial charge in [-0.05, 0) is 57.2 Å². The van der Waals surface area contributed by atoms with Gasteiger partial charge in [-0.3, -0.25) is 0 Å². The molecule has 1 aliphatic heterocycles. The van der Waals surface area contributed by atoms with Crippen molar-refractivity contribution in [1.29, 1.82) is 0 Å². The van der Waals surface area contributed by atoms with Crippen LogP contribution in [0.5, 0.6) is 11.5 Å². The van der Waals surface area contributed by atoms with E-state index in [4.69, 9.17) is 32.7 Å². The Hall–Kier alpha value is -2.53. The number of carboxylic acid groups (broad SMARTS) is 1. The lowest BCUT2D eigenvalue weighted by molar-refractivity contribution is 0.0192. The van der Waals surface area contributed by atoms with Crippen LogP contribution in [0.15, 0.2) is 41.3 Å². The number of carbonyl (C=O) groups is 2. The van der Waals surface area contributed by atoms with Crippen molar-refractivity contribution in [3.05, 3.63) is 52.0 Å². The molecule has 1 aliphatic rings. The van der Waals surface area contributed by atoms with Crippen LogP contribution >= 0.6 is 23.2 Å². The van der Waals surface area contributed by atoms with Crippen molar-refractivity contribution in [2.45, 2.75) is 31.3 Å². The summed E-state index contributed by atoms with van der Waals surface area (Å²) in [6, 6.07) is 7.94. The molecule has 0 aromatic heterocycles. The average Bonchev–Trinajstić information content (AvgIpc) is 2.72. The lowest BCUT2D eigenvalue weighted by atomic mass is 10.2. The van der Waals surface area contributed by atoms with E-state index in [-0.39, 0.29) is 58.2 Å². The number of hydrogen-bond donors (Lipinski definition) is 1. The molecular formula is C22H24Cl2N2O7S. The molecule has 1 N–H and O–H groups in total. The predicted molar refractivity (Wildman–Crippen MR) is 127 cm³/mol. The highest BCUT2D eigenvalue weighted by Gasteiger charge is 2.34. The third kappa shape index (κ3) is 6.32. The molecule has 1 heterocycles. The van der Waals surface area contributed by atoms with E-state index in [1.807, 2.05) is 0 Å². The number of ether oxygens (including phenoxy) is 2. The summed E-state index contributed by atoms with van der Waals surface area (Å²) < 4.78 is 39.2. The van der Waals surface area contributed by atoms with E-state index >= 15 is 0 Å². The predicted octanol–water partition coefficient (Wildman–Crippen LogP) is 4.73. The fourth-order valence-electron chi connectivity index (χ4n) is 3.22. The first-order chi connectivity index (χ1) is 15.8. The number of amides is 1. The van der Waals surface area contributed by atoms with Gasteiger partial charge in [-0.1, -0.05) is 23.2 Å². The van der Waals surface area contributed by atoms with Crippen LogP contribution in [0.2, 0.25) is 10.0 Å². The molecule has 34 heavy (non-hydrogen) atoms. The smallest absolute Gasteiger partial charge is 0.410 e. The number of halogens is 2. The number of benzene rings is 2. The Bertz CT molecular complexity index is 1180. The van der Waals surface area contributed by atoms with Crippen LogP contribution < -0.4 is 4.74 Å². The van der Waals surface area contributed by atoms with E-state index in [1.54, 1.807) is 20.8 Å². The third-order valence-corrected chi connectivity index (χ3v) is 7.12. The summed E-state index contributed by atoms with van der Waals surface area (Å²) in [5.41, 5.74) is -0.894. The topological polar surface area (TPSA) is 113 Å². The summed E-state index contributed by atoms with van der Waals surface area (Å²) in [7, 11) is -4.17. The van der Waals surface area contributed by atoms with E-state index in [0.717, 1.165) is 6.07 Å². The molecule has 2 aromatic rings. The number of carboxylic acids is 1. The number of hydrogen-bond acceptors (Lipinski definition) is 6. The Morgan fingerprint density at radius 2 is 1.56 bits per heavy atom. The van der Waals surface area contributed by atoms with Gasteiger partial charge in [-0.2, -0.15) is 4.31 Å². The molecule has 0 unspecified atom stereocenters. The van der Waals surface area contributed by atoms with Crippen LogP contribution in [0.4, 0.5) is 4.79 Å². The zero-order chi connectivity index (χ0) is 25.3. The molecule has 12 heteroatoms. The first-order valence-electron chi connectivity index (χ1n) is 10.3. The van der Waals surface area contributed by atoms with Gasteiger partial charge in [-0.15, -0.1) is 0 Å². The maximum absolute atomic E-state index is 13.5. The van der Waals surface area contributed by atoms with Gasteiger partial charge >= 0.3 is 12.1 Å². The third-order valence-electron chi connectivity index (χ3n) is 4.76. The number of carbonyl (C=O) groups excluding carboxylic acids is 1. The van der Waals surface area contributed by atoms with Gasteiger partial charge < -0.3 is 19.5 Å². The first kappa shape index (κ1) is 26.1. The standard InChI is InChI=1S/C22H24Cl2N2O7S/c1-22(2,3)33-21(29)25-6-8-26(9-7-25)34(30,31)19-10-14(20(27)28)4-5-18(19)32-17-12-15(23)11-16(24)13-17/h4-5,10-13H,6-9H2,1-3H3,(H,27,28). The zero-order valence-corrected chi connectivity index (χ0v) is 21.1. The fraction of sp³-hybridized carbons (Fsp3) is 0.364. The minimum Gasteiger partial charge on any atom is -0.478 e. The molecule has 0 spiro atoms. The number of piperazine rings is 1. The molecule has 184 valence electrons. The molecule has 9 nitrogen and oxygen atoms in total. The zero-order valence-electron chi connectivity index (χ0n) is 18.7. The van der Waals surface area contributed by atoms with Gasteiger partial charge in [0.25, 0.3) is 0 Å². The van der Waals surface area contributed by atoms with Gasteiger partial charge in [0, 0.05) is 36.2 Å². The maximum atomic E-state index is 13.5. The summed E-state index contributed by atoms with van der Waals surface area (Å²) in [4.78, 5) is 24.9. The summed E-state index contributed by atoms with van der Waals surface area (Å²) in [6.07, 6.45) is -0.528. The molecule has 0 bridgehead atoms. The molecule has 3 rings (SSSR count). The highest BCUT2D eigenvalue weighted by Crippen LogP contribution is 2.34. The lowest BCUT2D eigenvalue weighted by Gasteiger charge is -2.35. The Labute approximate surface area is 207 Å². The van der Waals surface area contributed by atoms with Crippen molar-refractivity contribution in [3.63, 3.8) is 0 Å². The van der Waals surface area contributed by atoms with E-state index in [2.05, 4.69) is 0 Å². The van der Waals surface area contributed by atoms with Gasteiger partial charge in [0.2, 0.25) is 10.0 Å². The van der Waals surface area contributed by atoms with Gasteiger partial charge in [-0.25, -0.2) is 18.0 Å². The second-order valence-electron chi connectivity index (χ2n) is 8.55. The van der Waals surface area contributed by atoms with Crippen LogP contribution in [0, 0.1) is 0 Å². The second kappa shape index (κ2) is 9.99. The van der Waals surface area contributed by atoms with Gasteiger partial charge in [0.05, 0.1) is 5.56 Å². The highest BCUT2D eigenvalue weighted by molar-refractivity contribution is 7.89. The van der Waals surface area contributed by atoms with E-state index in [1.165, 1.54) is 39.5 Å². The number of sulfonamides is 1. The monoisotopic (exact) mass is 530 g/mol. The quantitative estimate of drug-likeness (QED) is 0.594. The number of rotatable bonds is 5. The van der Waals surface area contributed by atoms with Crippen LogP contribution in [-0.4, -0.2) is 66.6 Å². The van der Waals surface area contributed by atoms with E-state index < -0.39 is 27.7 Å². The van der Waals surface area contributed by atoms with Crippen LogP contribution in [0.25, 0.3) is 0 Å². The SMILES string of the molecule is CC(C)(C)OC(=O)N1CCN(S(=O)(=O)c2cc(C(=O)O)ccc2Oc2cc(Cl)cc(Cl)c2)CC1. The second-order valence-corrected chi connectivity index (χ2v) is 11.3. The molecule has 0 aliphatic carbocycles. The van der Waals surface area contributed by atoms with Crippen molar-refractivity contribution in [2.24, 2.45) is 0 Å². The Morgan fingerprint density at radius 3 is 2.09 bits per heavy atom. The Kier molecular flexibility index (Phi) is 7.66. The molecule has 1 saturated heterocycles. The minimum atomic E-state index is -4.17. The lowest BCUT2D eigenvalue weighted by Crippen LogP contribution is -2.51. The van der Waals surface area contributed by atoms with Gasteiger partial charge in [0.15, 0.2) is 0 Å². The number of nitrogens with zero attached hydrogens (tertiary/aromatic N) is 2. The molecule has 0 radical (unpaired) electrons. The molecule has 2 aromatic carbocycles. The highest BCUT2D eigenvalue weighted by atomic mass is 35.5. The normalized spacial score (nSPS) is 15.1. The Morgan fingerprint density at radius 1 is 0.971 bits per heavy atom. The fourth-order valence-corrected chi connectivity index (χ4v) is 5.29. The van der Waals surface area contributed by atoms with Crippen molar-refractivity contribution < 1.29 is 32.6 Å². The Balaban J connectivity index is 1.88. The molecule has 1 fully saturated rings. The van der Waals surface area contributed by atoms with E-state index in [9.17, 15) is 23.1 Å². The average molecular weight is 531 g/mol. The minimum absolute atomic E-state index is 0.00130. The van der Waals surface area contributed by atoms with E-state index in [0.29, 0.717) is 0 Å². The first-order valence-corrected chi connectivity index (χ1v) is 12.5. The van der Waals surface area contributed by atoms with Crippen molar-refractivity contribution in [2.75, 3.05) is 26.2 Å².